The van der Waals surface area contributed by atoms with Gasteiger partial charge < -0.3 is 5.32 Å². The minimum absolute atomic E-state index is 0.317. The van der Waals surface area contributed by atoms with Crippen LogP contribution in [0.5, 0.6) is 0 Å². The molecule has 1 aromatic carbocycles. The summed E-state index contributed by atoms with van der Waals surface area (Å²) in [5.41, 5.74) is 4.60. The third-order valence-corrected chi connectivity index (χ3v) is 5.25. The Balaban J connectivity index is 2.04. The predicted molar refractivity (Wildman–Crippen MR) is 78.1 cm³/mol. The van der Waals surface area contributed by atoms with Gasteiger partial charge in [-0.3, -0.25) is 0 Å². The molecule has 2 aliphatic rings. The number of nitrogens with one attached hydrogen (secondary N) is 1. The first kappa shape index (κ1) is 12.1. The average molecular weight is 243 g/mol. The lowest BCUT2D eigenvalue weighted by Crippen LogP contribution is -2.49. The van der Waals surface area contributed by atoms with Gasteiger partial charge in [0.1, 0.15) is 0 Å². The van der Waals surface area contributed by atoms with Crippen LogP contribution in [-0.4, -0.2) is 6.04 Å². The van der Waals surface area contributed by atoms with E-state index in [9.17, 15) is 0 Å². The summed E-state index contributed by atoms with van der Waals surface area (Å²) in [5, 5.41) is 3.81. The molecule has 3 atom stereocenters. The fraction of sp³-hybridized carbons (Fsp3) is 0.647. The Morgan fingerprint density at radius 2 is 2.00 bits per heavy atom. The van der Waals surface area contributed by atoms with Crippen molar-refractivity contribution in [2.75, 3.05) is 5.32 Å². The van der Waals surface area contributed by atoms with Crippen molar-refractivity contribution in [3.63, 3.8) is 0 Å². The molecule has 1 fully saturated rings. The van der Waals surface area contributed by atoms with Crippen molar-refractivity contribution in [2.24, 2.45) is 11.8 Å². The zero-order chi connectivity index (χ0) is 12.9. The molecule has 1 heteroatoms. The topological polar surface area (TPSA) is 12.0 Å². The molecule has 0 unspecified atom stereocenters. The van der Waals surface area contributed by atoms with E-state index in [0.717, 1.165) is 11.8 Å². The first-order chi connectivity index (χ1) is 8.48. The van der Waals surface area contributed by atoms with Gasteiger partial charge in [0.25, 0.3) is 0 Å². The second-order valence-electron chi connectivity index (χ2n) is 7.05. The predicted octanol–water partition coefficient (Wildman–Crippen LogP) is 4.50. The first-order valence-electron chi connectivity index (χ1n) is 7.36. The molecule has 1 saturated carbocycles. The molecule has 98 valence electrons. The number of anilines is 1. The van der Waals surface area contributed by atoms with Crippen molar-refractivity contribution in [1.29, 1.82) is 0 Å². The molecule has 0 amide bonds. The number of hydrogen-bond acceptors (Lipinski definition) is 1. The van der Waals surface area contributed by atoms with Gasteiger partial charge in [-0.15, -0.1) is 0 Å². The maximum atomic E-state index is 3.81. The Hall–Kier alpha value is -0.980. The lowest BCUT2D eigenvalue weighted by atomic mass is 9.61. The summed E-state index contributed by atoms with van der Waals surface area (Å²) in [7, 11) is 0. The summed E-state index contributed by atoms with van der Waals surface area (Å²) in [6.07, 6.45) is 4.11. The van der Waals surface area contributed by atoms with Crippen molar-refractivity contribution in [1.82, 2.24) is 0 Å². The SMILES string of the molecule is Cc1ccc2c(c1)C(C)(C)[C@H]1CC[C@H](C)C[C@@H]1N2. The molecule has 0 spiro atoms. The van der Waals surface area contributed by atoms with Gasteiger partial charge in [-0.05, 0) is 48.6 Å². The van der Waals surface area contributed by atoms with Crippen LogP contribution in [0, 0.1) is 18.8 Å². The molecule has 1 nitrogen and oxygen atoms in total. The van der Waals surface area contributed by atoms with Gasteiger partial charge in [0, 0.05) is 11.7 Å². The smallest absolute Gasteiger partial charge is 0.0380 e. The summed E-state index contributed by atoms with van der Waals surface area (Å²) < 4.78 is 0. The number of hydrogen-bond donors (Lipinski definition) is 1. The molecule has 1 aromatic rings. The monoisotopic (exact) mass is 243 g/mol. The Morgan fingerprint density at radius 3 is 2.78 bits per heavy atom. The first-order valence-corrected chi connectivity index (χ1v) is 7.36. The minimum Gasteiger partial charge on any atom is -0.382 e. The van der Waals surface area contributed by atoms with E-state index < -0.39 is 0 Å². The van der Waals surface area contributed by atoms with Gasteiger partial charge in [0.2, 0.25) is 0 Å². The van der Waals surface area contributed by atoms with Crippen molar-refractivity contribution in [2.45, 2.75) is 58.4 Å². The van der Waals surface area contributed by atoms with Gasteiger partial charge in [-0.25, -0.2) is 0 Å². The van der Waals surface area contributed by atoms with Gasteiger partial charge in [0.05, 0.1) is 0 Å². The van der Waals surface area contributed by atoms with E-state index in [1.54, 1.807) is 0 Å². The third kappa shape index (κ3) is 1.75. The molecule has 1 aliphatic heterocycles. The Labute approximate surface area is 111 Å². The van der Waals surface area contributed by atoms with Crippen LogP contribution in [0.3, 0.4) is 0 Å². The largest absolute Gasteiger partial charge is 0.382 e. The van der Waals surface area contributed by atoms with Gasteiger partial charge in [-0.1, -0.05) is 44.9 Å². The zero-order valence-electron chi connectivity index (χ0n) is 12.1. The van der Waals surface area contributed by atoms with E-state index in [4.69, 9.17) is 0 Å². The van der Waals surface area contributed by atoms with Crippen LogP contribution in [0.15, 0.2) is 18.2 Å². The second kappa shape index (κ2) is 4.01. The van der Waals surface area contributed by atoms with Crippen molar-refractivity contribution >= 4 is 5.69 Å². The molecule has 3 rings (SSSR count). The summed E-state index contributed by atoms with van der Waals surface area (Å²) in [4.78, 5) is 0. The summed E-state index contributed by atoms with van der Waals surface area (Å²) in [6, 6.07) is 7.58. The fourth-order valence-corrected chi connectivity index (χ4v) is 4.12. The molecule has 0 saturated heterocycles. The van der Waals surface area contributed by atoms with Crippen LogP contribution in [0.1, 0.15) is 51.2 Å². The van der Waals surface area contributed by atoms with Gasteiger partial charge in [-0.2, -0.15) is 0 Å². The van der Waals surface area contributed by atoms with E-state index in [1.807, 2.05) is 0 Å². The number of benzene rings is 1. The molecule has 1 N–H and O–H groups in total. The summed E-state index contributed by atoms with van der Waals surface area (Å²) in [6.45, 7) is 9.49. The molecular weight excluding hydrogens is 218 g/mol. The highest BCUT2D eigenvalue weighted by molar-refractivity contribution is 5.59. The Morgan fingerprint density at radius 1 is 1.22 bits per heavy atom. The van der Waals surface area contributed by atoms with Crippen LogP contribution < -0.4 is 5.32 Å². The van der Waals surface area contributed by atoms with Crippen molar-refractivity contribution in [3.8, 4) is 0 Å². The molecule has 1 heterocycles. The zero-order valence-corrected chi connectivity index (χ0v) is 12.1. The highest BCUT2D eigenvalue weighted by Crippen LogP contribution is 2.49. The fourth-order valence-electron chi connectivity index (χ4n) is 4.12. The highest BCUT2D eigenvalue weighted by Gasteiger charge is 2.44. The number of aryl methyl sites for hydroxylation is 1. The molecule has 0 aromatic heterocycles. The lowest BCUT2D eigenvalue weighted by Gasteiger charge is -2.50. The third-order valence-electron chi connectivity index (χ3n) is 5.25. The highest BCUT2D eigenvalue weighted by atomic mass is 15.0. The van der Waals surface area contributed by atoms with Gasteiger partial charge in [0.15, 0.2) is 0 Å². The maximum absolute atomic E-state index is 3.81. The van der Waals surface area contributed by atoms with Gasteiger partial charge >= 0.3 is 0 Å². The van der Waals surface area contributed by atoms with Crippen LogP contribution in [0.4, 0.5) is 5.69 Å². The average Bonchev–Trinajstić information content (AvgIpc) is 2.30. The van der Waals surface area contributed by atoms with E-state index in [0.29, 0.717) is 11.5 Å². The standard InChI is InChI=1S/C17H25N/c1-11-6-8-15-14(9-11)17(3,4)13-7-5-12(2)10-16(13)18-15/h6,8-9,12-13,16,18H,5,7,10H2,1-4H3/t12-,13-,16-/m0/s1. The van der Waals surface area contributed by atoms with E-state index in [-0.39, 0.29) is 0 Å². The lowest BCUT2D eigenvalue weighted by molar-refractivity contribution is 0.174. The molecular formula is C17H25N. The quantitative estimate of drug-likeness (QED) is 0.707. The molecule has 0 bridgehead atoms. The minimum atomic E-state index is 0.317. The molecule has 1 aliphatic carbocycles. The molecule has 18 heavy (non-hydrogen) atoms. The Kier molecular flexibility index (Phi) is 2.69. The second-order valence-corrected chi connectivity index (χ2v) is 7.05. The van der Waals surface area contributed by atoms with Crippen molar-refractivity contribution in [3.05, 3.63) is 29.3 Å². The van der Waals surface area contributed by atoms with Crippen LogP contribution in [-0.2, 0) is 5.41 Å². The van der Waals surface area contributed by atoms with Crippen molar-refractivity contribution < 1.29 is 0 Å². The van der Waals surface area contributed by atoms with E-state index in [2.05, 4.69) is 51.2 Å². The summed E-state index contributed by atoms with van der Waals surface area (Å²) >= 11 is 0. The maximum Gasteiger partial charge on any atom is 0.0380 e. The summed E-state index contributed by atoms with van der Waals surface area (Å²) in [5.74, 6) is 1.67. The van der Waals surface area contributed by atoms with E-state index >= 15 is 0 Å². The Bertz CT molecular complexity index is 461. The van der Waals surface area contributed by atoms with Crippen LogP contribution >= 0.6 is 0 Å². The number of rotatable bonds is 0. The van der Waals surface area contributed by atoms with E-state index in [1.165, 1.54) is 36.1 Å². The molecule has 0 radical (unpaired) electrons. The van der Waals surface area contributed by atoms with Crippen LogP contribution in [0.2, 0.25) is 0 Å². The normalized spacial score (nSPS) is 33.2. The van der Waals surface area contributed by atoms with Crippen LogP contribution in [0.25, 0.3) is 0 Å². The number of fused-ring (bicyclic) bond motifs is 2.